The van der Waals surface area contributed by atoms with Crippen molar-refractivity contribution in [3.05, 3.63) is 30.1 Å². The van der Waals surface area contributed by atoms with Gasteiger partial charge in [-0.2, -0.15) is 0 Å². The van der Waals surface area contributed by atoms with Gasteiger partial charge in [0.1, 0.15) is 6.33 Å². The van der Waals surface area contributed by atoms with Crippen LogP contribution in [0, 0.1) is 12.8 Å². The lowest BCUT2D eigenvalue weighted by Crippen LogP contribution is -2.40. The minimum absolute atomic E-state index is 0.145. The fourth-order valence-corrected chi connectivity index (χ4v) is 2.00. The summed E-state index contributed by atoms with van der Waals surface area (Å²) in [6.07, 6.45) is 2.39. The molecule has 1 amide bonds. The molecule has 0 fully saturated rings. The summed E-state index contributed by atoms with van der Waals surface area (Å²) in [5.41, 5.74) is 8.46. The first-order valence-electron chi connectivity index (χ1n) is 6.93. The minimum Gasteiger partial charge on any atom is -0.325 e. The smallest absolute Gasteiger partial charge is 0.241 e. The van der Waals surface area contributed by atoms with Gasteiger partial charge < -0.3 is 11.1 Å². The first-order valence-corrected chi connectivity index (χ1v) is 6.93. The van der Waals surface area contributed by atoms with Gasteiger partial charge in [-0.05, 0) is 47.0 Å². The van der Waals surface area contributed by atoms with E-state index in [1.54, 1.807) is 4.68 Å². The first kappa shape index (κ1) is 15.1. The molecule has 2 atom stereocenters. The lowest BCUT2D eigenvalue weighted by atomic mass is 9.99. The van der Waals surface area contributed by atoms with Gasteiger partial charge in [0.2, 0.25) is 5.91 Å². The first-order chi connectivity index (χ1) is 10.0. The lowest BCUT2D eigenvalue weighted by molar-refractivity contribution is -0.118. The molecule has 0 bridgehead atoms. The molecule has 7 heteroatoms. The Labute approximate surface area is 123 Å². The van der Waals surface area contributed by atoms with Crippen molar-refractivity contribution in [1.29, 1.82) is 0 Å². The van der Waals surface area contributed by atoms with Crippen LogP contribution in [0.15, 0.2) is 24.5 Å². The number of nitrogens with one attached hydrogen (secondary N) is 1. The summed E-state index contributed by atoms with van der Waals surface area (Å²) in [4.78, 5) is 12.1. The maximum Gasteiger partial charge on any atom is 0.241 e. The molecule has 2 aromatic rings. The Morgan fingerprint density at radius 3 is 2.81 bits per heavy atom. The monoisotopic (exact) mass is 288 g/mol. The van der Waals surface area contributed by atoms with Crippen molar-refractivity contribution in [2.45, 2.75) is 33.2 Å². The zero-order chi connectivity index (χ0) is 15.4. The van der Waals surface area contributed by atoms with Crippen LogP contribution in [0.4, 0.5) is 5.69 Å². The maximum absolute atomic E-state index is 12.1. The van der Waals surface area contributed by atoms with Crippen LogP contribution in [0.3, 0.4) is 0 Å². The number of rotatable bonds is 5. The SMILES string of the molecule is CC[C@H](C)[C@H](N)C(=O)Nc1ccc(-n2cnnn2)c(C)c1. The number of anilines is 1. The van der Waals surface area contributed by atoms with Crippen LogP contribution < -0.4 is 11.1 Å². The highest BCUT2D eigenvalue weighted by Crippen LogP contribution is 2.18. The summed E-state index contributed by atoms with van der Waals surface area (Å²) in [7, 11) is 0. The largest absolute Gasteiger partial charge is 0.325 e. The zero-order valence-corrected chi connectivity index (χ0v) is 12.4. The molecule has 0 aliphatic heterocycles. The number of carbonyl (C=O) groups excluding carboxylic acids is 1. The van der Waals surface area contributed by atoms with Gasteiger partial charge in [-0.1, -0.05) is 20.3 Å². The second-order valence-electron chi connectivity index (χ2n) is 5.16. The molecule has 0 aliphatic rings. The Kier molecular flexibility index (Phi) is 4.64. The topological polar surface area (TPSA) is 98.7 Å². The van der Waals surface area contributed by atoms with Gasteiger partial charge in [0.15, 0.2) is 0 Å². The van der Waals surface area contributed by atoms with Crippen molar-refractivity contribution in [1.82, 2.24) is 20.2 Å². The number of carbonyl (C=O) groups is 1. The summed E-state index contributed by atoms with van der Waals surface area (Å²) in [5, 5.41) is 13.9. The molecule has 7 nitrogen and oxygen atoms in total. The number of tetrazole rings is 1. The molecule has 112 valence electrons. The van der Waals surface area contributed by atoms with Crippen molar-refractivity contribution < 1.29 is 4.79 Å². The van der Waals surface area contributed by atoms with Crippen molar-refractivity contribution in [3.8, 4) is 5.69 Å². The number of aryl methyl sites for hydroxylation is 1. The molecule has 1 heterocycles. The molecule has 0 spiro atoms. The summed E-state index contributed by atoms with van der Waals surface area (Å²) in [6, 6.07) is 5.04. The Balaban J connectivity index is 2.12. The van der Waals surface area contributed by atoms with E-state index >= 15 is 0 Å². The van der Waals surface area contributed by atoms with E-state index in [-0.39, 0.29) is 11.8 Å². The second-order valence-corrected chi connectivity index (χ2v) is 5.16. The van der Waals surface area contributed by atoms with Gasteiger partial charge in [0, 0.05) is 5.69 Å². The van der Waals surface area contributed by atoms with Crippen molar-refractivity contribution >= 4 is 11.6 Å². The minimum atomic E-state index is -0.505. The van der Waals surface area contributed by atoms with Crippen molar-refractivity contribution in [3.63, 3.8) is 0 Å². The molecule has 0 radical (unpaired) electrons. The molecule has 0 aliphatic carbocycles. The van der Waals surface area contributed by atoms with Crippen LogP contribution in [0.1, 0.15) is 25.8 Å². The number of nitrogens with zero attached hydrogens (tertiary/aromatic N) is 4. The number of aromatic nitrogens is 4. The highest BCUT2D eigenvalue weighted by atomic mass is 16.2. The Hall–Kier alpha value is -2.28. The van der Waals surface area contributed by atoms with Gasteiger partial charge in [-0.3, -0.25) is 4.79 Å². The van der Waals surface area contributed by atoms with E-state index < -0.39 is 6.04 Å². The van der Waals surface area contributed by atoms with Crippen molar-refractivity contribution in [2.24, 2.45) is 11.7 Å². The molecule has 0 unspecified atom stereocenters. The van der Waals surface area contributed by atoms with E-state index in [0.717, 1.165) is 17.7 Å². The third-order valence-electron chi connectivity index (χ3n) is 3.62. The highest BCUT2D eigenvalue weighted by Gasteiger charge is 2.19. The summed E-state index contributed by atoms with van der Waals surface area (Å²) in [5.74, 6) is -0.0227. The van der Waals surface area contributed by atoms with Crippen LogP contribution in [0.2, 0.25) is 0 Å². The van der Waals surface area contributed by atoms with Crippen LogP contribution in [0.5, 0.6) is 0 Å². The Morgan fingerprint density at radius 1 is 1.48 bits per heavy atom. The average Bonchev–Trinajstić information content (AvgIpc) is 2.99. The van der Waals surface area contributed by atoms with E-state index in [9.17, 15) is 4.79 Å². The third kappa shape index (κ3) is 3.43. The third-order valence-corrected chi connectivity index (χ3v) is 3.62. The van der Waals surface area contributed by atoms with Crippen LogP contribution in [0.25, 0.3) is 5.69 Å². The highest BCUT2D eigenvalue weighted by molar-refractivity contribution is 5.95. The number of hydrogen-bond donors (Lipinski definition) is 2. The van der Waals surface area contributed by atoms with Gasteiger partial charge >= 0.3 is 0 Å². The predicted molar refractivity (Wildman–Crippen MR) is 80.0 cm³/mol. The van der Waals surface area contributed by atoms with E-state index in [1.807, 2.05) is 39.0 Å². The molecule has 21 heavy (non-hydrogen) atoms. The molecule has 0 saturated heterocycles. The van der Waals surface area contributed by atoms with E-state index in [1.165, 1.54) is 6.33 Å². The Morgan fingerprint density at radius 2 is 2.24 bits per heavy atom. The molecule has 2 rings (SSSR count). The number of hydrogen-bond acceptors (Lipinski definition) is 5. The summed E-state index contributed by atoms with van der Waals surface area (Å²) in [6.45, 7) is 5.92. The molecule has 1 aromatic carbocycles. The standard InChI is InChI=1S/C14H20N6O/c1-4-9(2)13(15)14(21)17-11-5-6-12(10(3)7-11)20-8-16-18-19-20/h5-9,13H,4,15H2,1-3H3,(H,17,21)/t9-,13-/m0/s1. The number of amides is 1. The van der Waals surface area contributed by atoms with E-state index in [4.69, 9.17) is 5.73 Å². The van der Waals surface area contributed by atoms with E-state index in [0.29, 0.717) is 5.69 Å². The lowest BCUT2D eigenvalue weighted by Gasteiger charge is -2.18. The molecular weight excluding hydrogens is 268 g/mol. The van der Waals surface area contributed by atoms with Crippen molar-refractivity contribution in [2.75, 3.05) is 5.32 Å². The number of nitrogens with two attached hydrogens (primary N) is 1. The molecule has 0 saturated carbocycles. The normalized spacial score (nSPS) is 13.7. The van der Waals surface area contributed by atoms with Crippen LogP contribution in [-0.2, 0) is 4.79 Å². The van der Waals surface area contributed by atoms with E-state index in [2.05, 4.69) is 20.8 Å². The average molecular weight is 288 g/mol. The number of benzene rings is 1. The summed E-state index contributed by atoms with van der Waals surface area (Å²) < 4.78 is 1.58. The predicted octanol–water partition coefficient (Wildman–Crippen LogP) is 1.28. The maximum atomic E-state index is 12.1. The molecular formula is C14H20N6O. The fourth-order valence-electron chi connectivity index (χ4n) is 2.00. The van der Waals surface area contributed by atoms with Crippen LogP contribution in [-0.4, -0.2) is 32.2 Å². The van der Waals surface area contributed by atoms with Gasteiger partial charge in [0.25, 0.3) is 0 Å². The fraction of sp³-hybridized carbons (Fsp3) is 0.429. The molecule has 1 aromatic heterocycles. The molecule has 3 N–H and O–H groups in total. The summed E-state index contributed by atoms with van der Waals surface area (Å²) >= 11 is 0. The Bertz CT molecular complexity index is 610. The second kappa shape index (κ2) is 6.45. The van der Waals surface area contributed by atoms with Gasteiger partial charge in [-0.25, -0.2) is 4.68 Å². The van der Waals surface area contributed by atoms with Crippen LogP contribution >= 0.6 is 0 Å². The quantitative estimate of drug-likeness (QED) is 0.863. The van der Waals surface area contributed by atoms with Gasteiger partial charge in [0.05, 0.1) is 11.7 Å². The zero-order valence-electron chi connectivity index (χ0n) is 12.4. The van der Waals surface area contributed by atoms with Gasteiger partial charge in [-0.15, -0.1) is 5.10 Å².